The first-order valence-electron chi connectivity index (χ1n) is 7.82. The van der Waals surface area contributed by atoms with E-state index in [1.54, 1.807) is 16.9 Å². The monoisotopic (exact) mass is 352 g/mol. The lowest BCUT2D eigenvalue weighted by atomic mass is 9.77. The standard InChI is InChI=1S/C16H21ClN4O3/c1-15(2,3)24-14(22)19-10-7-16(4,8-10)23-13-11-5-6-18-21(11)9-12(17)20-13/h5-6,9-10H,7-8H2,1-4H3,(H,19,22)/t10-,16+. The molecule has 2 aromatic heterocycles. The first kappa shape index (κ1) is 16.8. The molecule has 3 rings (SSSR count). The number of nitrogens with one attached hydrogen (secondary N) is 1. The van der Waals surface area contributed by atoms with Gasteiger partial charge in [-0.25, -0.2) is 9.31 Å². The number of carbonyl (C=O) groups excluding carboxylic acids is 1. The van der Waals surface area contributed by atoms with Crippen molar-refractivity contribution < 1.29 is 14.3 Å². The van der Waals surface area contributed by atoms with E-state index in [9.17, 15) is 4.79 Å². The van der Waals surface area contributed by atoms with Gasteiger partial charge in [0.15, 0.2) is 5.15 Å². The highest BCUT2D eigenvalue weighted by atomic mass is 35.5. The Bertz CT molecular complexity index is 762. The minimum atomic E-state index is -0.508. The first-order chi connectivity index (χ1) is 11.1. The van der Waals surface area contributed by atoms with E-state index in [0.717, 1.165) is 5.52 Å². The molecule has 1 amide bonds. The largest absolute Gasteiger partial charge is 0.470 e. The van der Waals surface area contributed by atoms with Gasteiger partial charge in [0.05, 0.1) is 12.4 Å². The molecule has 1 fully saturated rings. The second kappa shape index (κ2) is 5.81. The van der Waals surface area contributed by atoms with E-state index < -0.39 is 17.3 Å². The topological polar surface area (TPSA) is 77.8 Å². The van der Waals surface area contributed by atoms with Crippen molar-refractivity contribution in [1.82, 2.24) is 19.9 Å². The van der Waals surface area contributed by atoms with E-state index in [1.165, 1.54) is 0 Å². The van der Waals surface area contributed by atoms with Gasteiger partial charge in [-0.1, -0.05) is 11.6 Å². The number of alkyl carbamates (subject to hydrolysis) is 1. The summed E-state index contributed by atoms with van der Waals surface area (Å²) in [5.41, 5.74) is -0.169. The average Bonchev–Trinajstić information content (AvgIpc) is 2.82. The summed E-state index contributed by atoms with van der Waals surface area (Å²) in [5, 5.41) is 7.31. The van der Waals surface area contributed by atoms with Crippen LogP contribution in [-0.2, 0) is 4.74 Å². The molecule has 7 nitrogen and oxygen atoms in total. The molecular weight excluding hydrogens is 332 g/mol. The van der Waals surface area contributed by atoms with Crippen LogP contribution < -0.4 is 10.1 Å². The Labute approximate surface area is 145 Å². The highest BCUT2D eigenvalue weighted by Gasteiger charge is 2.44. The van der Waals surface area contributed by atoms with Crippen LogP contribution in [0.2, 0.25) is 5.15 Å². The van der Waals surface area contributed by atoms with E-state index in [2.05, 4.69) is 15.4 Å². The minimum Gasteiger partial charge on any atom is -0.470 e. The molecule has 0 bridgehead atoms. The number of nitrogens with zero attached hydrogens (tertiary/aromatic N) is 3. The fraction of sp³-hybridized carbons (Fsp3) is 0.562. The highest BCUT2D eigenvalue weighted by molar-refractivity contribution is 6.29. The van der Waals surface area contributed by atoms with E-state index in [-0.39, 0.29) is 6.04 Å². The van der Waals surface area contributed by atoms with Crippen molar-refractivity contribution in [3.8, 4) is 5.88 Å². The number of amides is 1. The fourth-order valence-electron chi connectivity index (χ4n) is 2.82. The second-order valence-corrected chi connectivity index (χ2v) is 7.72. The summed E-state index contributed by atoms with van der Waals surface area (Å²) >= 11 is 6.00. The lowest BCUT2D eigenvalue weighted by molar-refractivity contribution is -0.0217. The molecule has 0 aromatic carbocycles. The molecule has 2 heterocycles. The van der Waals surface area contributed by atoms with Gasteiger partial charge in [0.1, 0.15) is 16.7 Å². The molecule has 2 aromatic rings. The summed E-state index contributed by atoms with van der Waals surface area (Å²) in [4.78, 5) is 16.0. The van der Waals surface area contributed by atoms with Crippen LogP contribution >= 0.6 is 11.6 Å². The van der Waals surface area contributed by atoms with E-state index in [0.29, 0.717) is 23.9 Å². The third-order valence-electron chi connectivity index (χ3n) is 3.75. The van der Waals surface area contributed by atoms with Gasteiger partial charge in [-0.2, -0.15) is 10.1 Å². The molecule has 1 aliphatic rings. The molecule has 1 N–H and O–H groups in total. The fourth-order valence-corrected chi connectivity index (χ4v) is 2.99. The summed E-state index contributed by atoms with van der Waals surface area (Å²) in [6.45, 7) is 7.49. The van der Waals surface area contributed by atoms with Crippen molar-refractivity contribution >= 4 is 23.2 Å². The quantitative estimate of drug-likeness (QED) is 0.917. The van der Waals surface area contributed by atoms with Crippen molar-refractivity contribution in [1.29, 1.82) is 0 Å². The normalized spacial score (nSPS) is 23.6. The molecule has 8 heteroatoms. The number of carbonyl (C=O) groups is 1. The van der Waals surface area contributed by atoms with Crippen molar-refractivity contribution in [3.63, 3.8) is 0 Å². The maximum absolute atomic E-state index is 11.8. The van der Waals surface area contributed by atoms with E-state index in [4.69, 9.17) is 21.1 Å². The predicted molar refractivity (Wildman–Crippen MR) is 89.4 cm³/mol. The summed E-state index contributed by atoms with van der Waals surface area (Å²) < 4.78 is 12.9. The average molecular weight is 353 g/mol. The number of ether oxygens (including phenoxy) is 2. The van der Waals surface area contributed by atoms with Crippen LogP contribution in [0.5, 0.6) is 5.88 Å². The maximum Gasteiger partial charge on any atom is 0.407 e. The van der Waals surface area contributed by atoms with Crippen LogP contribution in [0.4, 0.5) is 4.79 Å². The van der Waals surface area contributed by atoms with Crippen LogP contribution in [0.15, 0.2) is 18.5 Å². The zero-order valence-corrected chi connectivity index (χ0v) is 14.9. The molecule has 1 saturated carbocycles. The van der Waals surface area contributed by atoms with Crippen LogP contribution in [-0.4, -0.2) is 37.9 Å². The molecular formula is C16H21ClN4O3. The second-order valence-electron chi connectivity index (χ2n) is 7.33. The van der Waals surface area contributed by atoms with Gasteiger partial charge in [0.2, 0.25) is 5.88 Å². The van der Waals surface area contributed by atoms with Gasteiger partial charge in [-0.05, 0) is 33.8 Å². The molecule has 130 valence electrons. The van der Waals surface area contributed by atoms with Crippen molar-refractivity contribution in [2.45, 2.75) is 57.8 Å². The Morgan fingerprint density at radius 3 is 2.83 bits per heavy atom. The molecule has 0 atom stereocenters. The van der Waals surface area contributed by atoms with E-state index >= 15 is 0 Å². The highest BCUT2D eigenvalue weighted by Crippen LogP contribution is 2.37. The molecule has 0 saturated heterocycles. The molecule has 0 aliphatic heterocycles. The molecule has 1 aliphatic carbocycles. The first-order valence-corrected chi connectivity index (χ1v) is 8.20. The Balaban J connectivity index is 1.61. The van der Waals surface area contributed by atoms with Crippen molar-refractivity contribution in [2.24, 2.45) is 0 Å². The van der Waals surface area contributed by atoms with Crippen LogP contribution in [0.3, 0.4) is 0 Å². The molecule has 0 spiro atoms. The zero-order valence-electron chi connectivity index (χ0n) is 14.2. The summed E-state index contributed by atoms with van der Waals surface area (Å²) in [6, 6.07) is 1.84. The van der Waals surface area contributed by atoms with Gasteiger partial charge in [0.25, 0.3) is 0 Å². The number of fused-ring (bicyclic) bond motifs is 1. The van der Waals surface area contributed by atoms with Gasteiger partial charge in [0, 0.05) is 18.9 Å². The predicted octanol–water partition coefficient (Wildman–Crippen LogP) is 3.21. The molecule has 0 radical (unpaired) electrons. The van der Waals surface area contributed by atoms with Crippen molar-refractivity contribution in [2.75, 3.05) is 0 Å². The zero-order chi connectivity index (χ0) is 17.5. The lowest BCUT2D eigenvalue weighted by Crippen LogP contribution is -2.57. The van der Waals surface area contributed by atoms with Gasteiger partial charge >= 0.3 is 6.09 Å². The number of rotatable bonds is 3. The van der Waals surface area contributed by atoms with Gasteiger partial charge in [-0.15, -0.1) is 0 Å². The third kappa shape index (κ3) is 3.72. The smallest absolute Gasteiger partial charge is 0.407 e. The Hall–Kier alpha value is -2.02. The SMILES string of the molecule is CC(C)(C)OC(=O)N[C@H]1C[C@@](C)(Oc2nc(Cl)cn3nccc23)C1. The Kier molecular flexibility index (Phi) is 4.07. The Morgan fingerprint density at radius 1 is 1.46 bits per heavy atom. The molecule has 24 heavy (non-hydrogen) atoms. The lowest BCUT2D eigenvalue weighted by Gasteiger charge is -2.44. The number of aromatic nitrogens is 3. The van der Waals surface area contributed by atoms with Crippen LogP contribution in [0, 0.1) is 0 Å². The van der Waals surface area contributed by atoms with Crippen LogP contribution in [0.25, 0.3) is 5.52 Å². The van der Waals surface area contributed by atoms with Crippen LogP contribution in [0.1, 0.15) is 40.5 Å². The number of halogens is 1. The third-order valence-corrected chi connectivity index (χ3v) is 3.93. The van der Waals surface area contributed by atoms with E-state index in [1.807, 2.05) is 33.8 Å². The number of hydrogen-bond donors (Lipinski definition) is 1. The summed E-state index contributed by atoms with van der Waals surface area (Å²) in [5.74, 6) is 0.443. The van der Waals surface area contributed by atoms with Crippen molar-refractivity contribution in [3.05, 3.63) is 23.6 Å². The number of hydrogen-bond acceptors (Lipinski definition) is 5. The maximum atomic E-state index is 11.8. The van der Waals surface area contributed by atoms with Gasteiger partial charge < -0.3 is 14.8 Å². The molecule has 0 unspecified atom stereocenters. The summed E-state index contributed by atoms with van der Waals surface area (Å²) in [7, 11) is 0. The minimum absolute atomic E-state index is 0.0185. The van der Waals surface area contributed by atoms with Gasteiger partial charge in [-0.3, -0.25) is 0 Å². The Morgan fingerprint density at radius 2 is 2.17 bits per heavy atom. The summed E-state index contributed by atoms with van der Waals surface area (Å²) in [6.07, 6.45) is 4.21.